The standard InChI is InChI=1S/C30H58O11/c1-3-5-6-7-8-9-10-11-30(31)41-29-28-40-27-26-39-25-24-38-23-22-37-21-20-36-19-18-35-17-16-34-15-14-33-13-12-32-4-2/h4H,2-3,5-29H2,1H3. The van der Waals surface area contributed by atoms with Crippen molar-refractivity contribution in [3.05, 3.63) is 12.8 Å². The van der Waals surface area contributed by atoms with E-state index >= 15 is 0 Å². The van der Waals surface area contributed by atoms with Crippen LogP contribution in [0.5, 0.6) is 0 Å². The smallest absolute Gasteiger partial charge is 0.305 e. The number of esters is 1. The number of rotatable bonds is 36. The van der Waals surface area contributed by atoms with Crippen molar-refractivity contribution in [1.82, 2.24) is 0 Å². The molecule has 0 aromatic carbocycles. The van der Waals surface area contributed by atoms with E-state index in [4.69, 9.17) is 47.4 Å². The molecular formula is C30H58O11. The second-order valence-corrected chi connectivity index (χ2v) is 9.03. The van der Waals surface area contributed by atoms with Crippen LogP contribution in [0.3, 0.4) is 0 Å². The molecule has 0 bridgehead atoms. The highest BCUT2D eigenvalue weighted by Crippen LogP contribution is 2.08. The van der Waals surface area contributed by atoms with Gasteiger partial charge in [0.2, 0.25) is 0 Å². The molecule has 0 N–H and O–H groups in total. The van der Waals surface area contributed by atoms with E-state index in [0.717, 1.165) is 12.8 Å². The fourth-order valence-corrected chi connectivity index (χ4v) is 3.34. The van der Waals surface area contributed by atoms with Gasteiger partial charge in [-0.3, -0.25) is 4.79 Å². The van der Waals surface area contributed by atoms with E-state index < -0.39 is 0 Å². The van der Waals surface area contributed by atoms with Crippen LogP contribution < -0.4 is 0 Å². The second-order valence-electron chi connectivity index (χ2n) is 9.03. The van der Waals surface area contributed by atoms with Gasteiger partial charge in [-0.25, -0.2) is 0 Å². The van der Waals surface area contributed by atoms with Crippen molar-refractivity contribution in [2.24, 2.45) is 0 Å². The van der Waals surface area contributed by atoms with Gasteiger partial charge >= 0.3 is 5.97 Å². The average molecular weight is 595 g/mol. The summed E-state index contributed by atoms with van der Waals surface area (Å²) >= 11 is 0. The van der Waals surface area contributed by atoms with Crippen LogP contribution >= 0.6 is 0 Å². The number of unbranched alkanes of at least 4 members (excludes halogenated alkanes) is 6. The maximum Gasteiger partial charge on any atom is 0.305 e. The van der Waals surface area contributed by atoms with E-state index in [1.807, 2.05) is 0 Å². The molecule has 11 heteroatoms. The van der Waals surface area contributed by atoms with Crippen molar-refractivity contribution in [2.45, 2.75) is 58.3 Å². The largest absolute Gasteiger partial charge is 0.499 e. The molecule has 0 rings (SSSR count). The van der Waals surface area contributed by atoms with Gasteiger partial charge in [-0.15, -0.1) is 0 Å². The van der Waals surface area contributed by atoms with E-state index in [0.29, 0.717) is 119 Å². The first-order chi connectivity index (χ1) is 20.3. The molecule has 0 heterocycles. The molecule has 0 saturated heterocycles. The Hall–Kier alpha value is -1.31. The van der Waals surface area contributed by atoms with Gasteiger partial charge in [-0.2, -0.15) is 0 Å². The molecule has 0 amide bonds. The molecule has 41 heavy (non-hydrogen) atoms. The average Bonchev–Trinajstić information content (AvgIpc) is 2.98. The fraction of sp³-hybridized carbons (Fsp3) is 0.900. The third-order valence-corrected chi connectivity index (χ3v) is 5.54. The van der Waals surface area contributed by atoms with Crippen LogP contribution in [0.15, 0.2) is 12.8 Å². The molecule has 0 aromatic rings. The Morgan fingerprint density at radius 3 is 1.15 bits per heavy atom. The van der Waals surface area contributed by atoms with Gasteiger partial charge in [0.15, 0.2) is 0 Å². The summed E-state index contributed by atoms with van der Waals surface area (Å²) in [6.07, 6.45) is 10.2. The zero-order valence-corrected chi connectivity index (χ0v) is 25.7. The van der Waals surface area contributed by atoms with Gasteiger partial charge in [-0.1, -0.05) is 52.0 Å². The number of hydrogen-bond donors (Lipinski definition) is 0. The highest BCUT2D eigenvalue weighted by Gasteiger charge is 2.02. The van der Waals surface area contributed by atoms with Crippen LogP contribution in [0.1, 0.15) is 58.3 Å². The lowest BCUT2D eigenvalue weighted by atomic mass is 10.1. The molecule has 0 fully saturated rings. The van der Waals surface area contributed by atoms with Crippen LogP contribution in [0, 0.1) is 0 Å². The molecular weight excluding hydrogens is 536 g/mol. The Morgan fingerprint density at radius 1 is 0.463 bits per heavy atom. The predicted octanol–water partition coefficient (Wildman–Crippen LogP) is 3.96. The molecule has 11 nitrogen and oxygen atoms in total. The van der Waals surface area contributed by atoms with Crippen molar-refractivity contribution in [3.8, 4) is 0 Å². The molecule has 0 aromatic heterocycles. The van der Waals surface area contributed by atoms with E-state index in [-0.39, 0.29) is 12.6 Å². The minimum absolute atomic E-state index is 0.139. The summed E-state index contributed by atoms with van der Waals surface area (Å²) in [5, 5.41) is 0. The fourth-order valence-electron chi connectivity index (χ4n) is 3.34. The molecule has 0 spiro atoms. The first kappa shape index (κ1) is 39.7. The van der Waals surface area contributed by atoms with Crippen LogP contribution in [0.2, 0.25) is 0 Å². The summed E-state index contributed by atoms with van der Waals surface area (Å²) in [7, 11) is 0. The van der Waals surface area contributed by atoms with E-state index in [2.05, 4.69) is 13.5 Å². The van der Waals surface area contributed by atoms with Gasteiger partial charge in [0, 0.05) is 6.42 Å². The third kappa shape index (κ3) is 36.7. The van der Waals surface area contributed by atoms with E-state index in [1.165, 1.54) is 38.4 Å². The van der Waals surface area contributed by atoms with Gasteiger partial charge in [0.05, 0.1) is 112 Å². The lowest BCUT2D eigenvalue weighted by Gasteiger charge is -2.09. The summed E-state index contributed by atoms with van der Waals surface area (Å²) in [6, 6.07) is 0. The predicted molar refractivity (Wildman–Crippen MR) is 156 cm³/mol. The Morgan fingerprint density at radius 2 is 0.780 bits per heavy atom. The van der Waals surface area contributed by atoms with Crippen molar-refractivity contribution in [1.29, 1.82) is 0 Å². The van der Waals surface area contributed by atoms with Crippen LogP contribution in [-0.4, -0.2) is 125 Å². The summed E-state index contributed by atoms with van der Waals surface area (Å²) in [4.78, 5) is 11.7. The quantitative estimate of drug-likeness (QED) is 0.0597. The van der Waals surface area contributed by atoms with Crippen molar-refractivity contribution in [2.75, 3.05) is 119 Å². The van der Waals surface area contributed by atoms with Crippen LogP contribution in [0.4, 0.5) is 0 Å². The molecule has 0 saturated carbocycles. The molecule has 0 aliphatic heterocycles. The highest BCUT2D eigenvalue weighted by molar-refractivity contribution is 5.69. The minimum atomic E-state index is -0.139. The van der Waals surface area contributed by atoms with Gasteiger partial charge in [0.1, 0.15) is 13.2 Å². The molecule has 0 aliphatic carbocycles. The van der Waals surface area contributed by atoms with Gasteiger partial charge < -0.3 is 47.4 Å². The summed E-state index contributed by atoms with van der Waals surface area (Å²) < 4.78 is 53.5. The maximum absolute atomic E-state index is 11.7. The normalized spacial score (nSPS) is 11.1. The second kappa shape index (κ2) is 36.7. The minimum Gasteiger partial charge on any atom is -0.499 e. The Kier molecular flexibility index (Phi) is 35.5. The SMILES string of the molecule is C=COCCOCCOCCOCCOCCOCCOCCOCCOCCOC(=O)CCCCCCCCC. The highest BCUT2D eigenvalue weighted by atomic mass is 16.6. The number of hydrogen-bond acceptors (Lipinski definition) is 11. The zero-order chi connectivity index (χ0) is 29.7. The van der Waals surface area contributed by atoms with E-state index in [1.54, 1.807) is 0 Å². The Balaban J connectivity index is 3.10. The van der Waals surface area contributed by atoms with E-state index in [9.17, 15) is 4.79 Å². The van der Waals surface area contributed by atoms with Crippen LogP contribution in [-0.2, 0) is 52.2 Å². The van der Waals surface area contributed by atoms with Crippen LogP contribution in [0.25, 0.3) is 0 Å². The Bertz CT molecular complexity index is 523. The van der Waals surface area contributed by atoms with Gasteiger partial charge in [-0.05, 0) is 6.42 Å². The van der Waals surface area contributed by atoms with Gasteiger partial charge in [0.25, 0.3) is 0 Å². The molecule has 0 aliphatic rings. The molecule has 0 unspecified atom stereocenters. The summed E-state index contributed by atoms with van der Waals surface area (Å²) in [6.45, 7) is 14.4. The number of ether oxygens (including phenoxy) is 10. The number of carbonyl (C=O) groups is 1. The lowest BCUT2D eigenvalue weighted by molar-refractivity contribution is -0.145. The Labute approximate surface area is 248 Å². The molecule has 0 radical (unpaired) electrons. The first-order valence-corrected chi connectivity index (χ1v) is 15.3. The topological polar surface area (TPSA) is 109 Å². The first-order valence-electron chi connectivity index (χ1n) is 15.3. The van der Waals surface area contributed by atoms with Crippen molar-refractivity contribution >= 4 is 5.97 Å². The van der Waals surface area contributed by atoms with Crippen molar-refractivity contribution in [3.63, 3.8) is 0 Å². The summed E-state index contributed by atoms with van der Waals surface area (Å²) in [5.74, 6) is -0.139. The maximum atomic E-state index is 11.7. The number of carbonyl (C=O) groups excluding carboxylic acids is 1. The third-order valence-electron chi connectivity index (χ3n) is 5.54. The lowest BCUT2D eigenvalue weighted by Crippen LogP contribution is -2.15. The monoisotopic (exact) mass is 594 g/mol. The molecule has 244 valence electrons. The molecule has 0 atom stereocenters. The van der Waals surface area contributed by atoms with Crippen molar-refractivity contribution < 1.29 is 52.2 Å². The zero-order valence-electron chi connectivity index (χ0n) is 25.7. The summed E-state index contributed by atoms with van der Waals surface area (Å²) in [5.41, 5.74) is 0.